The minimum absolute atomic E-state index is 0.0693. The molecule has 0 saturated carbocycles. The van der Waals surface area contributed by atoms with Crippen LogP contribution in [0.25, 0.3) is 11.3 Å². The first-order chi connectivity index (χ1) is 28.6. The molecule has 0 aliphatic carbocycles. The average molecular weight is 855 g/mol. The van der Waals surface area contributed by atoms with Crippen LogP contribution in [0.5, 0.6) is 23.0 Å². The van der Waals surface area contributed by atoms with Gasteiger partial charge < -0.3 is 29.0 Å². The van der Waals surface area contributed by atoms with Crippen LogP contribution in [0.15, 0.2) is 85.5 Å². The summed E-state index contributed by atoms with van der Waals surface area (Å²) >= 11 is 5.76. The highest BCUT2D eigenvalue weighted by Gasteiger charge is 2.21. The zero-order valence-electron chi connectivity index (χ0n) is 31.8. The molecule has 4 aromatic carbocycles. The van der Waals surface area contributed by atoms with Gasteiger partial charge in [-0.1, -0.05) is 23.7 Å². The van der Waals surface area contributed by atoms with Crippen molar-refractivity contribution in [1.82, 2.24) is 19.9 Å². The van der Waals surface area contributed by atoms with E-state index < -0.39 is 40.2 Å². The summed E-state index contributed by atoms with van der Waals surface area (Å²) < 4.78 is 72.0. The predicted octanol–water partition coefficient (Wildman–Crippen LogP) is 6.23. The number of hydrogen-bond acceptors (Lipinski definition) is 14. The van der Waals surface area contributed by atoms with E-state index in [4.69, 9.17) is 35.9 Å². The largest absolute Gasteiger partial charge is 0.497 e. The quantitative estimate of drug-likeness (QED) is 0.0459. The Kier molecular flexibility index (Phi) is 16.1. The third-order valence-electron chi connectivity index (χ3n) is 8.13. The Morgan fingerprint density at radius 2 is 1.05 bits per heavy atom. The van der Waals surface area contributed by atoms with Crippen molar-refractivity contribution in [2.24, 2.45) is 0 Å². The monoisotopic (exact) mass is 854 g/mol. The van der Waals surface area contributed by atoms with Crippen LogP contribution in [0.3, 0.4) is 0 Å². The molecule has 6 rings (SSSR count). The number of nitro groups is 2. The van der Waals surface area contributed by atoms with Crippen molar-refractivity contribution in [3.8, 4) is 34.3 Å². The molecule has 0 saturated heterocycles. The molecule has 0 aliphatic heterocycles. The predicted molar refractivity (Wildman–Crippen MR) is 209 cm³/mol. The summed E-state index contributed by atoms with van der Waals surface area (Å²) in [5.41, 5.74) is 2.79. The van der Waals surface area contributed by atoms with Crippen molar-refractivity contribution in [3.63, 3.8) is 0 Å². The molecular weight excluding hydrogens is 823 g/mol. The Hall–Kier alpha value is -6.97. The van der Waals surface area contributed by atoms with Crippen molar-refractivity contribution >= 4 is 35.6 Å². The maximum Gasteiger partial charge on any atom is 0.492 e. The first-order valence-electron chi connectivity index (χ1n) is 16.9. The molecule has 2 heterocycles. The number of benzene rings is 4. The molecule has 0 fully saturated rings. The van der Waals surface area contributed by atoms with Gasteiger partial charge >= 0.3 is 18.5 Å². The van der Waals surface area contributed by atoms with Crippen molar-refractivity contribution < 1.29 is 56.4 Å². The van der Waals surface area contributed by atoms with Crippen LogP contribution in [-0.4, -0.2) is 75.4 Å². The van der Waals surface area contributed by atoms with Gasteiger partial charge in [0.1, 0.15) is 29.3 Å². The fourth-order valence-corrected chi connectivity index (χ4v) is 5.49. The second-order valence-electron chi connectivity index (χ2n) is 12.0. The van der Waals surface area contributed by atoms with Crippen molar-refractivity contribution in [1.29, 1.82) is 0 Å². The van der Waals surface area contributed by atoms with E-state index in [0.717, 1.165) is 23.8 Å². The molecule has 0 unspecified atom stereocenters. The molecular formula is C38H32BClF4N6O10. The van der Waals surface area contributed by atoms with Gasteiger partial charge in [-0.25, -0.2) is 37.5 Å². The van der Waals surface area contributed by atoms with Gasteiger partial charge in [0.2, 0.25) is 0 Å². The zero-order chi connectivity index (χ0) is 44.1. The van der Waals surface area contributed by atoms with Crippen molar-refractivity contribution in [2.75, 3.05) is 28.4 Å². The van der Waals surface area contributed by atoms with Gasteiger partial charge in [0.15, 0.2) is 34.8 Å². The standard InChI is InChI=1S/C19H15F2N3O4.C12H10ClN3O3.C7H7BF2O3/c1-27-18-4-3-11(6-17(18)24(25)26)5-12-7-16(23-10-22-12)13-8-14(20)15(21)9-19(13)28-2;1-19-11-3-2-8(5-10(11)16(17)18)4-9-6-12(13)15-7-14-9;1-13-7-3-6(10)5(9)2-4(7)8(11)12/h3-4,6-10H,5H2,1-2H3;2-3,5-7H,4H2,1H3;2-3,11-12H,1H3. The van der Waals surface area contributed by atoms with Crippen molar-refractivity contribution in [3.05, 3.63) is 157 Å². The van der Waals surface area contributed by atoms with Crippen LogP contribution >= 0.6 is 11.6 Å². The summed E-state index contributed by atoms with van der Waals surface area (Å²) in [5.74, 6) is -3.89. The fraction of sp³-hybridized carbons (Fsp3) is 0.158. The summed E-state index contributed by atoms with van der Waals surface area (Å²) in [6.45, 7) is 0. The normalized spacial score (nSPS) is 10.3. The van der Waals surface area contributed by atoms with E-state index in [1.54, 1.807) is 30.3 Å². The second-order valence-corrected chi connectivity index (χ2v) is 12.3. The lowest BCUT2D eigenvalue weighted by Gasteiger charge is -2.10. The maximum absolute atomic E-state index is 13.7. The van der Waals surface area contributed by atoms with Gasteiger partial charge in [-0.05, 0) is 47.5 Å². The molecule has 60 heavy (non-hydrogen) atoms. The van der Waals surface area contributed by atoms with Crippen LogP contribution in [0.1, 0.15) is 22.5 Å². The molecule has 2 N–H and O–H groups in total. The molecule has 0 amide bonds. The van der Waals surface area contributed by atoms with Gasteiger partial charge in [0, 0.05) is 59.5 Å². The highest BCUT2D eigenvalue weighted by Crippen LogP contribution is 2.32. The third kappa shape index (κ3) is 12.0. The van der Waals surface area contributed by atoms with E-state index in [0.29, 0.717) is 40.3 Å². The van der Waals surface area contributed by atoms with Gasteiger partial charge in [-0.15, -0.1) is 0 Å². The SMILES string of the molecule is COc1cc(F)c(F)cc1-c1cc(Cc2ccc(OC)c([N+](=O)[O-])c2)ncn1.COc1cc(F)c(F)cc1B(O)O.COc1ccc(Cc2cc(Cl)ncn2)cc1[N+](=O)[O-]. The molecule has 0 bridgehead atoms. The molecule has 0 spiro atoms. The number of rotatable bonds is 12. The molecule has 2 aromatic heterocycles. The van der Waals surface area contributed by atoms with E-state index in [2.05, 4.69) is 24.7 Å². The molecule has 16 nitrogen and oxygen atoms in total. The van der Waals surface area contributed by atoms with Crippen LogP contribution in [0, 0.1) is 43.5 Å². The first-order valence-corrected chi connectivity index (χ1v) is 17.3. The lowest BCUT2D eigenvalue weighted by Crippen LogP contribution is -2.31. The second kappa shape index (κ2) is 21.2. The van der Waals surface area contributed by atoms with Crippen LogP contribution in [0.2, 0.25) is 5.15 Å². The number of ether oxygens (including phenoxy) is 4. The van der Waals surface area contributed by atoms with Crippen LogP contribution in [0.4, 0.5) is 28.9 Å². The number of aromatic nitrogens is 4. The van der Waals surface area contributed by atoms with Gasteiger partial charge in [-0.2, -0.15) is 0 Å². The smallest absolute Gasteiger partial charge is 0.492 e. The summed E-state index contributed by atoms with van der Waals surface area (Å²) in [7, 11) is 3.43. The lowest BCUT2D eigenvalue weighted by atomic mass is 9.79. The van der Waals surface area contributed by atoms with Gasteiger partial charge in [0.25, 0.3) is 0 Å². The van der Waals surface area contributed by atoms with E-state index in [-0.39, 0.29) is 51.8 Å². The van der Waals surface area contributed by atoms with Gasteiger partial charge in [-0.3, -0.25) is 20.2 Å². The molecule has 0 atom stereocenters. The first kappa shape index (κ1) is 45.7. The molecule has 22 heteroatoms. The zero-order valence-corrected chi connectivity index (χ0v) is 32.6. The Bertz CT molecular complexity index is 2490. The van der Waals surface area contributed by atoms with Crippen LogP contribution in [-0.2, 0) is 12.8 Å². The summed E-state index contributed by atoms with van der Waals surface area (Å²) in [6.07, 6.45) is 3.35. The van der Waals surface area contributed by atoms with Gasteiger partial charge in [0.05, 0.1) is 44.0 Å². The highest BCUT2D eigenvalue weighted by atomic mass is 35.5. The summed E-state index contributed by atoms with van der Waals surface area (Å²) in [4.78, 5) is 37.2. The fourth-order valence-electron chi connectivity index (χ4n) is 5.32. The number of methoxy groups -OCH3 is 4. The highest BCUT2D eigenvalue weighted by molar-refractivity contribution is 6.59. The minimum Gasteiger partial charge on any atom is -0.497 e. The number of hydrogen-bond donors (Lipinski definition) is 2. The molecule has 0 radical (unpaired) electrons. The average Bonchev–Trinajstić information content (AvgIpc) is 3.22. The lowest BCUT2D eigenvalue weighted by molar-refractivity contribution is -0.385. The Labute approximate surface area is 343 Å². The summed E-state index contributed by atoms with van der Waals surface area (Å²) in [5, 5.41) is 39.9. The van der Waals surface area contributed by atoms with Crippen molar-refractivity contribution in [2.45, 2.75) is 12.8 Å². The Balaban J connectivity index is 0.000000214. The topological polar surface area (TPSA) is 215 Å². The van der Waals surface area contributed by atoms with E-state index in [1.165, 1.54) is 59.3 Å². The van der Waals surface area contributed by atoms with E-state index in [1.807, 2.05) is 0 Å². The molecule has 312 valence electrons. The number of nitrogens with zero attached hydrogens (tertiary/aromatic N) is 6. The van der Waals surface area contributed by atoms with E-state index in [9.17, 15) is 37.8 Å². The Morgan fingerprint density at radius 3 is 1.52 bits per heavy atom. The Morgan fingerprint density at radius 1 is 0.600 bits per heavy atom. The maximum atomic E-state index is 13.7. The summed E-state index contributed by atoms with van der Waals surface area (Å²) in [6, 6.07) is 16.0. The molecule has 0 aliphatic rings. The van der Waals surface area contributed by atoms with Crippen LogP contribution < -0.4 is 24.4 Å². The van der Waals surface area contributed by atoms with E-state index >= 15 is 0 Å². The minimum atomic E-state index is -1.88. The number of halogens is 5. The third-order valence-corrected chi connectivity index (χ3v) is 8.34. The number of nitro benzene ring substituents is 2. The molecule has 6 aromatic rings.